The molecule has 0 aromatic carbocycles. The van der Waals surface area contributed by atoms with Crippen LogP contribution in [-0.2, 0) is 6.54 Å². The first-order chi connectivity index (χ1) is 7.98. The number of aliphatic hydroxyl groups excluding tert-OH is 1. The van der Waals surface area contributed by atoms with Crippen LogP contribution in [0, 0.1) is 0 Å². The van der Waals surface area contributed by atoms with Gasteiger partial charge in [-0.15, -0.1) is 0 Å². The maximum atomic E-state index is 8.95. The molecule has 0 saturated heterocycles. The van der Waals surface area contributed by atoms with Crippen molar-refractivity contribution in [1.82, 2.24) is 15.1 Å². The molecule has 98 valence electrons. The molecule has 2 N–H and O–H groups in total. The lowest BCUT2D eigenvalue weighted by Crippen LogP contribution is -2.39. The lowest BCUT2D eigenvalue weighted by molar-refractivity contribution is 0.229. The van der Waals surface area contributed by atoms with Gasteiger partial charge in [-0.1, -0.05) is 6.92 Å². The smallest absolute Gasteiger partial charge is 0.0762 e. The van der Waals surface area contributed by atoms with Crippen LogP contribution in [-0.4, -0.2) is 27.0 Å². The summed E-state index contributed by atoms with van der Waals surface area (Å²) in [7, 11) is 0. The van der Waals surface area contributed by atoms with E-state index in [-0.39, 0.29) is 12.1 Å². The third-order valence-electron chi connectivity index (χ3n) is 3.19. The number of aromatic nitrogens is 2. The maximum Gasteiger partial charge on any atom is 0.0762 e. The summed E-state index contributed by atoms with van der Waals surface area (Å²) in [6.45, 7) is 9.47. The fraction of sp³-hybridized carbons (Fsp3) is 0.769. The van der Waals surface area contributed by atoms with Gasteiger partial charge in [0.25, 0.3) is 0 Å². The van der Waals surface area contributed by atoms with Gasteiger partial charge in [-0.05, 0) is 39.7 Å². The lowest BCUT2D eigenvalue weighted by atomic mass is 10.0. The third kappa shape index (κ3) is 4.48. The van der Waals surface area contributed by atoms with E-state index in [1.807, 2.05) is 16.9 Å². The largest absolute Gasteiger partial charge is 0.396 e. The van der Waals surface area contributed by atoms with Crippen molar-refractivity contribution in [3.8, 4) is 0 Å². The predicted molar refractivity (Wildman–Crippen MR) is 69.9 cm³/mol. The number of rotatable bonds is 7. The molecule has 4 nitrogen and oxygen atoms in total. The van der Waals surface area contributed by atoms with Crippen molar-refractivity contribution < 1.29 is 5.11 Å². The maximum absolute atomic E-state index is 8.95. The molecule has 4 heteroatoms. The molecule has 1 aromatic heterocycles. The molecule has 0 fully saturated rings. The Morgan fingerprint density at radius 3 is 2.82 bits per heavy atom. The average Bonchev–Trinajstić information content (AvgIpc) is 2.74. The summed E-state index contributed by atoms with van der Waals surface area (Å²) in [6.07, 6.45) is 3.87. The summed E-state index contributed by atoms with van der Waals surface area (Å²) in [5.74, 6) is 0. The molecular weight excluding hydrogens is 214 g/mol. The quantitative estimate of drug-likeness (QED) is 0.766. The van der Waals surface area contributed by atoms with Crippen LogP contribution in [0.1, 0.15) is 52.3 Å². The van der Waals surface area contributed by atoms with Crippen LogP contribution >= 0.6 is 0 Å². The molecule has 0 aliphatic heterocycles. The Labute approximate surface area is 104 Å². The third-order valence-corrected chi connectivity index (χ3v) is 3.19. The van der Waals surface area contributed by atoms with Crippen LogP contribution in [0.4, 0.5) is 0 Å². The number of nitrogens with one attached hydrogen (secondary N) is 1. The van der Waals surface area contributed by atoms with Gasteiger partial charge in [-0.2, -0.15) is 5.10 Å². The normalized spacial score (nSPS) is 13.9. The minimum absolute atomic E-state index is 0.0467. The summed E-state index contributed by atoms with van der Waals surface area (Å²) in [4.78, 5) is 0. The highest BCUT2D eigenvalue weighted by atomic mass is 16.3. The highest BCUT2D eigenvalue weighted by Gasteiger charge is 2.16. The van der Waals surface area contributed by atoms with Gasteiger partial charge in [0.2, 0.25) is 0 Å². The highest BCUT2D eigenvalue weighted by molar-refractivity contribution is 5.00. The zero-order chi connectivity index (χ0) is 12.9. The molecule has 0 aliphatic carbocycles. The van der Waals surface area contributed by atoms with E-state index in [0.717, 1.165) is 25.1 Å². The first-order valence-electron chi connectivity index (χ1n) is 6.38. The van der Waals surface area contributed by atoms with Crippen molar-refractivity contribution in [3.63, 3.8) is 0 Å². The Morgan fingerprint density at radius 2 is 2.24 bits per heavy atom. The van der Waals surface area contributed by atoms with Gasteiger partial charge < -0.3 is 10.4 Å². The minimum Gasteiger partial charge on any atom is -0.396 e. The molecule has 1 rings (SSSR count). The number of hydrogen-bond donors (Lipinski definition) is 2. The summed E-state index contributed by atoms with van der Waals surface area (Å²) in [5, 5.41) is 16.9. The second-order valence-corrected chi connectivity index (χ2v) is 5.26. The van der Waals surface area contributed by atoms with Gasteiger partial charge in [0.1, 0.15) is 0 Å². The van der Waals surface area contributed by atoms with E-state index < -0.39 is 0 Å². The van der Waals surface area contributed by atoms with E-state index in [1.165, 1.54) is 0 Å². The van der Waals surface area contributed by atoms with Gasteiger partial charge in [0, 0.05) is 30.9 Å². The van der Waals surface area contributed by atoms with E-state index in [2.05, 4.69) is 38.1 Å². The molecule has 0 amide bonds. The van der Waals surface area contributed by atoms with Crippen LogP contribution in [0.25, 0.3) is 0 Å². The highest BCUT2D eigenvalue weighted by Crippen LogP contribution is 2.11. The molecule has 0 aliphatic rings. The molecule has 0 saturated carbocycles. The fourth-order valence-electron chi connectivity index (χ4n) is 1.60. The molecule has 0 spiro atoms. The van der Waals surface area contributed by atoms with Crippen molar-refractivity contribution in [3.05, 3.63) is 18.0 Å². The van der Waals surface area contributed by atoms with Crippen LogP contribution in [0.3, 0.4) is 0 Å². The summed E-state index contributed by atoms with van der Waals surface area (Å²) >= 11 is 0. The Hall–Kier alpha value is -0.870. The second-order valence-electron chi connectivity index (χ2n) is 5.26. The molecule has 1 unspecified atom stereocenters. The van der Waals surface area contributed by atoms with Crippen LogP contribution in [0.5, 0.6) is 0 Å². The van der Waals surface area contributed by atoms with Gasteiger partial charge >= 0.3 is 0 Å². The van der Waals surface area contributed by atoms with Crippen LogP contribution < -0.4 is 5.32 Å². The van der Waals surface area contributed by atoms with E-state index in [1.54, 1.807) is 0 Å². The number of hydrogen-bond acceptors (Lipinski definition) is 3. The van der Waals surface area contributed by atoms with Crippen molar-refractivity contribution in [2.75, 3.05) is 6.61 Å². The molecule has 0 radical (unpaired) electrons. The van der Waals surface area contributed by atoms with E-state index in [4.69, 9.17) is 5.11 Å². The summed E-state index contributed by atoms with van der Waals surface area (Å²) in [6, 6.07) is 2.50. The number of aliphatic hydroxyl groups is 1. The Kier molecular flexibility index (Phi) is 5.15. The van der Waals surface area contributed by atoms with Crippen molar-refractivity contribution in [2.24, 2.45) is 0 Å². The Morgan fingerprint density at radius 1 is 1.53 bits per heavy atom. The first-order valence-corrected chi connectivity index (χ1v) is 6.38. The van der Waals surface area contributed by atoms with Crippen LogP contribution in [0.15, 0.2) is 12.3 Å². The Bertz CT molecular complexity index is 333. The zero-order valence-corrected chi connectivity index (χ0v) is 11.4. The van der Waals surface area contributed by atoms with Crippen molar-refractivity contribution >= 4 is 0 Å². The lowest BCUT2D eigenvalue weighted by Gasteiger charge is -2.24. The second kappa shape index (κ2) is 6.17. The first kappa shape index (κ1) is 14.2. The van der Waals surface area contributed by atoms with E-state index in [9.17, 15) is 0 Å². The van der Waals surface area contributed by atoms with Gasteiger partial charge in [0.05, 0.1) is 5.69 Å². The summed E-state index contributed by atoms with van der Waals surface area (Å²) in [5.41, 5.74) is 1.01. The molecule has 0 bridgehead atoms. The zero-order valence-electron chi connectivity index (χ0n) is 11.4. The van der Waals surface area contributed by atoms with Gasteiger partial charge in [-0.3, -0.25) is 4.68 Å². The molecule has 17 heavy (non-hydrogen) atoms. The van der Waals surface area contributed by atoms with E-state index in [0.29, 0.717) is 6.04 Å². The predicted octanol–water partition coefficient (Wildman–Crippen LogP) is 2.10. The molecular formula is C13H25N3O. The minimum atomic E-state index is -0.0467. The fourth-order valence-corrected chi connectivity index (χ4v) is 1.60. The topological polar surface area (TPSA) is 50.1 Å². The number of nitrogens with zero attached hydrogens (tertiary/aromatic N) is 2. The summed E-state index contributed by atoms with van der Waals surface area (Å²) < 4.78 is 2.01. The monoisotopic (exact) mass is 239 g/mol. The molecule has 1 heterocycles. The van der Waals surface area contributed by atoms with Gasteiger partial charge in [0.15, 0.2) is 0 Å². The van der Waals surface area contributed by atoms with Crippen LogP contribution in [0.2, 0.25) is 0 Å². The molecule has 1 atom stereocenters. The molecule has 1 aromatic rings. The van der Waals surface area contributed by atoms with Gasteiger partial charge in [-0.25, -0.2) is 0 Å². The van der Waals surface area contributed by atoms with Crippen molar-refractivity contribution in [2.45, 2.75) is 58.7 Å². The Balaban J connectivity index is 2.50. The standard InChI is InChI=1S/C13H25N3O/c1-5-11(2)16-8-6-12(15-16)10-14-13(3,4)7-9-17/h6,8,11,14,17H,5,7,9-10H2,1-4H3. The van der Waals surface area contributed by atoms with E-state index >= 15 is 0 Å². The average molecular weight is 239 g/mol. The SMILES string of the molecule is CCC(C)n1ccc(CNC(C)(C)CCO)n1. The van der Waals surface area contributed by atoms with Crippen molar-refractivity contribution in [1.29, 1.82) is 0 Å².